The molecule has 15 heavy (non-hydrogen) atoms. The quantitative estimate of drug-likeness (QED) is 0.783. The third-order valence-corrected chi connectivity index (χ3v) is 5.80. The molecule has 0 aromatic heterocycles. The summed E-state index contributed by atoms with van der Waals surface area (Å²) in [6, 6.07) is 0.102. The first-order valence-corrected chi connectivity index (χ1v) is 7.18. The van der Waals surface area contributed by atoms with Gasteiger partial charge in [0.2, 0.25) is 10.0 Å². The van der Waals surface area contributed by atoms with Gasteiger partial charge in [0.05, 0.1) is 5.25 Å². The van der Waals surface area contributed by atoms with Gasteiger partial charge in [-0.3, -0.25) is 0 Å². The molecule has 4 nitrogen and oxygen atoms in total. The molecule has 1 heterocycles. The Morgan fingerprint density at radius 1 is 1.40 bits per heavy atom. The molecule has 1 aliphatic rings. The lowest BCUT2D eigenvalue weighted by atomic mass is 10.2. The molecule has 1 N–H and O–H groups in total. The zero-order chi connectivity index (χ0) is 11.5. The Morgan fingerprint density at radius 2 is 1.93 bits per heavy atom. The van der Waals surface area contributed by atoms with E-state index in [0.29, 0.717) is 0 Å². The number of hydrogen-bond donors (Lipinski definition) is 1. The smallest absolute Gasteiger partial charge is 0.217 e. The summed E-state index contributed by atoms with van der Waals surface area (Å²) < 4.78 is 25.9. The van der Waals surface area contributed by atoms with E-state index in [1.54, 1.807) is 11.4 Å². The maximum atomic E-state index is 12.2. The van der Waals surface area contributed by atoms with Crippen LogP contribution in [-0.4, -0.2) is 44.2 Å². The van der Waals surface area contributed by atoms with Crippen LogP contribution in [0.1, 0.15) is 33.1 Å². The van der Waals surface area contributed by atoms with Crippen molar-refractivity contribution in [2.24, 2.45) is 0 Å². The highest BCUT2D eigenvalue weighted by Gasteiger charge is 2.32. The van der Waals surface area contributed by atoms with Gasteiger partial charge < -0.3 is 5.32 Å². The highest BCUT2D eigenvalue weighted by Crippen LogP contribution is 2.19. The Kier molecular flexibility index (Phi) is 4.55. The minimum Gasteiger partial charge on any atom is -0.317 e. The zero-order valence-electron chi connectivity index (χ0n) is 9.86. The van der Waals surface area contributed by atoms with E-state index in [1.165, 1.54) is 0 Å². The number of hydrogen-bond acceptors (Lipinski definition) is 3. The lowest BCUT2D eigenvalue weighted by Crippen LogP contribution is -2.45. The predicted molar refractivity (Wildman–Crippen MR) is 62.3 cm³/mol. The fourth-order valence-corrected chi connectivity index (χ4v) is 3.79. The van der Waals surface area contributed by atoms with Crippen LogP contribution in [0.3, 0.4) is 0 Å². The van der Waals surface area contributed by atoms with Crippen LogP contribution in [0, 0.1) is 0 Å². The molecule has 1 saturated heterocycles. The molecule has 1 rings (SSSR count). The van der Waals surface area contributed by atoms with Gasteiger partial charge in [-0.05, 0) is 39.3 Å². The SMILES string of the molecule is CCC(C)N(C)S(=O)(=O)C1CCNCC1. The molecule has 0 saturated carbocycles. The monoisotopic (exact) mass is 234 g/mol. The van der Waals surface area contributed by atoms with Gasteiger partial charge in [-0.2, -0.15) is 0 Å². The molecule has 0 aromatic carbocycles. The van der Waals surface area contributed by atoms with Gasteiger partial charge in [0.25, 0.3) is 0 Å². The van der Waals surface area contributed by atoms with Crippen LogP contribution in [0.4, 0.5) is 0 Å². The second kappa shape index (κ2) is 5.27. The molecular formula is C10H22N2O2S. The van der Waals surface area contributed by atoms with Crippen LogP contribution in [0.5, 0.6) is 0 Å². The summed E-state index contributed by atoms with van der Waals surface area (Å²) >= 11 is 0. The first-order chi connectivity index (χ1) is 7.00. The standard InChI is InChI=1S/C10H22N2O2S/c1-4-9(2)12(3)15(13,14)10-5-7-11-8-6-10/h9-11H,4-8H2,1-3H3. The van der Waals surface area contributed by atoms with E-state index in [2.05, 4.69) is 5.32 Å². The van der Waals surface area contributed by atoms with Crippen molar-refractivity contribution in [1.82, 2.24) is 9.62 Å². The highest BCUT2D eigenvalue weighted by molar-refractivity contribution is 7.89. The summed E-state index contributed by atoms with van der Waals surface area (Å²) in [5.74, 6) is 0. The molecule has 5 heteroatoms. The minimum atomic E-state index is -3.08. The Balaban J connectivity index is 2.72. The number of nitrogens with zero attached hydrogens (tertiary/aromatic N) is 1. The first kappa shape index (κ1) is 12.9. The largest absolute Gasteiger partial charge is 0.317 e. The predicted octanol–water partition coefficient (Wildman–Crippen LogP) is 0.798. The minimum absolute atomic E-state index is 0.102. The summed E-state index contributed by atoms with van der Waals surface area (Å²) in [6.45, 7) is 5.61. The Hall–Kier alpha value is -0.130. The lowest BCUT2D eigenvalue weighted by Gasteiger charge is -2.30. The topological polar surface area (TPSA) is 49.4 Å². The molecule has 1 fully saturated rings. The van der Waals surface area contributed by atoms with Crippen molar-refractivity contribution in [2.45, 2.75) is 44.4 Å². The van der Waals surface area contributed by atoms with Gasteiger partial charge >= 0.3 is 0 Å². The maximum Gasteiger partial charge on any atom is 0.217 e. The van der Waals surface area contributed by atoms with Crippen molar-refractivity contribution in [2.75, 3.05) is 20.1 Å². The summed E-state index contributed by atoms with van der Waals surface area (Å²) in [5, 5.41) is 3.00. The van der Waals surface area contributed by atoms with Crippen LogP contribution in [0.25, 0.3) is 0 Å². The van der Waals surface area contributed by atoms with Crippen molar-refractivity contribution in [3.63, 3.8) is 0 Å². The third-order valence-electron chi connectivity index (χ3n) is 3.32. The molecule has 1 atom stereocenters. The zero-order valence-corrected chi connectivity index (χ0v) is 10.7. The average molecular weight is 234 g/mol. The van der Waals surface area contributed by atoms with Crippen molar-refractivity contribution in [1.29, 1.82) is 0 Å². The average Bonchev–Trinajstić information content (AvgIpc) is 2.28. The summed E-state index contributed by atoms with van der Waals surface area (Å²) in [4.78, 5) is 0. The number of rotatable bonds is 4. The fraction of sp³-hybridized carbons (Fsp3) is 1.00. The molecule has 0 radical (unpaired) electrons. The molecule has 0 amide bonds. The van der Waals surface area contributed by atoms with Gasteiger partial charge in [-0.25, -0.2) is 12.7 Å². The first-order valence-electron chi connectivity index (χ1n) is 5.67. The van der Waals surface area contributed by atoms with Crippen molar-refractivity contribution >= 4 is 10.0 Å². The Bertz CT molecular complexity index is 276. The lowest BCUT2D eigenvalue weighted by molar-refractivity contribution is 0.365. The molecular weight excluding hydrogens is 212 g/mol. The summed E-state index contributed by atoms with van der Waals surface area (Å²) in [5.41, 5.74) is 0. The third kappa shape index (κ3) is 2.92. The number of sulfonamides is 1. The second-order valence-corrected chi connectivity index (χ2v) is 6.54. The van der Waals surface area contributed by atoms with E-state index < -0.39 is 10.0 Å². The molecule has 1 aliphatic heterocycles. The summed E-state index contributed by atoms with van der Waals surface area (Å²) in [6.07, 6.45) is 2.34. The van der Waals surface area contributed by atoms with Crippen LogP contribution >= 0.6 is 0 Å². The number of piperidine rings is 1. The van der Waals surface area contributed by atoms with Crippen LogP contribution in [0.15, 0.2) is 0 Å². The Labute approximate surface area is 93.1 Å². The van der Waals surface area contributed by atoms with E-state index in [-0.39, 0.29) is 11.3 Å². The molecule has 0 bridgehead atoms. The second-order valence-electron chi connectivity index (χ2n) is 4.27. The maximum absolute atomic E-state index is 12.2. The molecule has 0 spiro atoms. The van der Waals surface area contributed by atoms with E-state index >= 15 is 0 Å². The molecule has 0 aromatic rings. The normalized spacial score (nSPS) is 21.9. The Morgan fingerprint density at radius 3 is 2.40 bits per heavy atom. The number of nitrogens with one attached hydrogen (secondary N) is 1. The van der Waals surface area contributed by atoms with Gasteiger partial charge in [0.1, 0.15) is 0 Å². The van der Waals surface area contributed by atoms with Crippen LogP contribution in [0.2, 0.25) is 0 Å². The van der Waals surface area contributed by atoms with E-state index in [4.69, 9.17) is 0 Å². The molecule has 1 unspecified atom stereocenters. The summed E-state index contributed by atoms with van der Waals surface area (Å²) in [7, 11) is -1.38. The van der Waals surface area contributed by atoms with Gasteiger partial charge in [0, 0.05) is 13.1 Å². The van der Waals surface area contributed by atoms with Crippen LogP contribution < -0.4 is 5.32 Å². The molecule has 0 aliphatic carbocycles. The van der Waals surface area contributed by atoms with Crippen molar-refractivity contribution < 1.29 is 8.42 Å². The van der Waals surface area contributed by atoms with Gasteiger partial charge in [0.15, 0.2) is 0 Å². The van der Waals surface area contributed by atoms with Gasteiger partial charge in [-0.15, -0.1) is 0 Å². The van der Waals surface area contributed by atoms with Crippen LogP contribution in [-0.2, 0) is 10.0 Å². The van der Waals surface area contributed by atoms with Crippen molar-refractivity contribution in [3.05, 3.63) is 0 Å². The molecule has 90 valence electrons. The van der Waals surface area contributed by atoms with E-state index in [0.717, 1.165) is 32.4 Å². The van der Waals surface area contributed by atoms with Gasteiger partial charge in [-0.1, -0.05) is 6.92 Å². The fourth-order valence-electron chi connectivity index (χ4n) is 1.84. The van der Waals surface area contributed by atoms with E-state index in [9.17, 15) is 8.42 Å². The van der Waals surface area contributed by atoms with Crippen molar-refractivity contribution in [3.8, 4) is 0 Å². The van der Waals surface area contributed by atoms with E-state index in [1.807, 2.05) is 13.8 Å². The highest BCUT2D eigenvalue weighted by atomic mass is 32.2.